The first-order valence-electron chi connectivity index (χ1n) is 9.32. The average Bonchev–Trinajstić information content (AvgIpc) is 3.18. The number of carbonyl (C=O) groups excluding carboxylic acids is 3. The summed E-state index contributed by atoms with van der Waals surface area (Å²) in [6, 6.07) is 9.65. The van der Waals surface area contributed by atoms with Gasteiger partial charge < -0.3 is 20.3 Å². The molecule has 0 saturated carbocycles. The fourth-order valence-electron chi connectivity index (χ4n) is 2.92. The molecule has 1 aromatic heterocycles. The topological polar surface area (TPSA) is 87.7 Å². The van der Waals surface area contributed by atoms with Crippen LogP contribution in [0.3, 0.4) is 0 Å². The second kappa shape index (κ2) is 10.8. The van der Waals surface area contributed by atoms with Gasteiger partial charge in [0.2, 0.25) is 5.91 Å². The first kappa shape index (κ1) is 22.6. The molecule has 1 saturated heterocycles. The molecule has 1 atom stereocenters. The predicted octanol–water partition coefficient (Wildman–Crippen LogP) is 3.25. The molecular weight excluding hydrogens is 446 g/mol. The van der Waals surface area contributed by atoms with Gasteiger partial charge in [-0.15, -0.1) is 11.3 Å². The van der Waals surface area contributed by atoms with Gasteiger partial charge in [-0.3, -0.25) is 14.4 Å². The number of nitrogens with one attached hydrogen (secondary N) is 2. The van der Waals surface area contributed by atoms with Crippen LogP contribution in [0.15, 0.2) is 36.4 Å². The highest BCUT2D eigenvalue weighted by Gasteiger charge is 2.23. The van der Waals surface area contributed by atoms with E-state index in [0.29, 0.717) is 34.5 Å². The van der Waals surface area contributed by atoms with E-state index in [0.717, 1.165) is 11.4 Å². The zero-order valence-electron chi connectivity index (χ0n) is 16.4. The van der Waals surface area contributed by atoms with Crippen molar-refractivity contribution in [2.24, 2.45) is 0 Å². The van der Waals surface area contributed by atoms with Crippen LogP contribution in [0.4, 0.5) is 11.4 Å². The van der Waals surface area contributed by atoms with E-state index in [-0.39, 0.29) is 24.3 Å². The van der Waals surface area contributed by atoms with Crippen LogP contribution in [0.2, 0.25) is 4.34 Å². The Kier molecular flexibility index (Phi) is 8.15. The van der Waals surface area contributed by atoms with Crippen LogP contribution in [-0.4, -0.2) is 55.5 Å². The molecule has 0 radical (unpaired) electrons. The summed E-state index contributed by atoms with van der Waals surface area (Å²) >= 11 is 8.67. The Labute approximate surface area is 188 Å². The SMILES string of the molecule is CSCC[C@@H](NC(=O)c1ccc(Cl)s1)C(=O)Nc1ccc(N2CCOCC2=O)cc1. The summed E-state index contributed by atoms with van der Waals surface area (Å²) in [4.78, 5) is 39.3. The largest absolute Gasteiger partial charge is 0.370 e. The van der Waals surface area contributed by atoms with Crippen LogP contribution in [0, 0.1) is 0 Å². The van der Waals surface area contributed by atoms with Crippen LogP contribution < -0.4 is 15.5 Å². The zero-order valence-corrected chi connectivity index (χ0v) is 18.7. The molecule has 2 aromatic rings. The first-order chi connectivity index (χ1) is 14.5. The van der Waals surface area contributed by atoms with Crippen molar-refractivity contribution in [3.05, 3.63) is 45.6 Å². The summed E-state index contributed by atoms with van der Waals surface area (Å²) in [6.45, 7) is 1.07. The molecule has 1 aliphatic rings. The Bertz CT molecular complexity index is 904. The van der Waals surface area contributed by atoms with E-state index >= 15 is 0 Å². The quantitative estimate of drug-likeness (QED) is 0.622. The molecule has 0 aliphatic carbocycles. The summed E-state index contributed by atoms with van der Waals surface area (Å²) < 4.78 is 5.66. The lowest BCUT2D eigenvalue weighted by Gasteiger charge is -2.27. The standard InChI is InChI=1S/C20H22ClN3O4S2/c1-29-11-8-15(23-20(27)16-6-7-17(21)30-16)19(26)22-13-2-4-14(5-3-13)24-9-10-28-12-18(24)25/h2-7,15H,8-12H2,1H3,(H,22,26)(H,23,27)/t15-/m1/s1. The van der Waals surface area contributed by atoms with E-state index in [1.807, 2.05) is 6.26 Å². The highest BCUT2D eigenvalue weighted by atomic mass is 35.5. The Morgan fingerprint density at radius 2 is 2.03 bits per heavy atom. The molecule has 1 fully saturated rings. The zero-order chi connectivity index (χ0) is 21.5. The minimum atomic E-state index is -0.675. The molecular formula is C20H22ClN3O4S2. The van der Waals surface area contributed by atoms with Crippen molar-refractivity contribution in [3.63, 3.8) is 0 Å². The van der Waals surface area contributed by atoms with Crippen molar-refractivity contribution in [1.82, 2.24) is 5.32 Å². The maximum absolute atomic E-state index is 12.8. The van der Waals surface area contributed by atoms with E-state index in [1.165, 1.54) is 11.3 Å². The van der Waals surface area contributed by atoms with Gasteiger partial charge >= 0.3 is 0 Å². The van der Waals surface area contributed by atoms with Gasteiger partial charge in [0.05, 0.1) is 15.8 Å². The van der Waals surface area contributed by atoms with Crippen molar-refractivity contribution in [2.75, 3.05) is 42.0 Å². The number of anilines is 2. The lowest BCUT2D eigenvalue weighted by molar-refractivity contribution is -0.125. The number of ether oxygens (including phenoxy) is 1. The summed E-state index contributed by atoms with van der Waals surface area (Å²) in [5.74, 6) is 0.0119. The molecule has 2 heterocycles. The third-order valence-corrected chi connectivity index (χ3v) is 6.34. The maximum Gasteiger partial charge on any atom is 0.262 e. The second-order valence-corrected chi connectivity index (χ2v) is 9.25. The number of nitrogens with zero attached hydrogens (tertiary/aromatic N) is 1. The fourth-order valence-corrected chi connectivity index (χ4v) is 4.33. The number of thiophene rings is 1. The number of rotatable bonds is 8. The minimum absolute atomic E-state index is 0.0742. The Morgan fingerprint density at radius 1 is 1.27 bits per heavy atom. The number of thioether (sulfide) groups is 1. The predicted molar refractivity (Wildman–Crippen MR) is 122 cm³/mol. The van der Waals surface area contributed by atoms with E-state index < -0.39 is 6.04 Å². The third kappa shape index (κ3) is 5.98. The van der Waals surface area contributed by atoms with Crippen LogP contribution in [0.1, 0.15) is 16.1 Å². The molecule has 160 valence electrons. The smallest absolute Gasteiger partial charge is 0.262 e. The van der Waals surface area contributed by atoms with Gasteiger partial charge in [0, 0.05) is 17.9 Å². The van der Waals surface area contributed by atoms with E-state index in [2.05, 4.69) is 10.6 Å². The molecule has 3 amide bonds. The Morgan fingerprint density at radius 3 is 2.67 bits per heavy atom. The van der Waals surface area contributed by atoms with Gasteiger partial charge in [-0.2, -0.15) is 11.8 Å². The molecule has 3 rings (SSSR count). The molecule has 1 aromatic carbocycles. The molecule has 2 N–H and O–H groups in total. The Hall–Kier alpha value is -2.07. The lowest BCUT2D eigenvalue weighted by atomic mass is 10.2. The highest BCUT2D eigenvalue weighted by molar-refractivity contribution is 7.98. The average molecular weight is 468 g/mol. The lowest BCUT2D eigenvalue weighted by Crippen LogP contribution is -2.44. The molecule has 10 heteroatoms. The number of hydrogen-bond acceptors (Lipinski definition) is 6. The monoisotopic (exact) mass is 467 g/mol. The van der Waals surface area contributed by atoms with Gasteiger partial charge in [0.15, 0.2) is 0 Å². The van der Waals surface area contributed by atoms with Crippen LogP contribution >= 0.6 is 34.7 Å². The highest BCUT2D eigenvalue weighted by Crippen LogP contribution is 2.22. The second-order valence-electron chi connectivity index (χ2n) is 6.55. The van der Waals surface area contributed by atoms with Crippen molar-refractivity contribution in [3.8, 4) is 0 Å². The van der Waals surface area contributed by atoms with Gasteiger partial charge in [-0.25, -0.2) is 0 Å². The Balaban J connectivity index is 1.64. The molecule has 30 heavy (non-hydrogen) atoms. The number of benzene rings is 1. The summed E-state index contributed by atoms with van der Waals surface area (Å²) in [5, 5.41) is 5.63. The number of morpholine rings is 1. The maximum atomic E-state index is 12.8. The molecule has 0 unspecified atom stereocenters. The fraction of sp³-hybridized carbons (Fsp3) is 0.350. The van der Waals surface area contributed by atoms with Crippen LogP contribution in [0.5, 0.6) is 0 Å². The normalized spacial score (nSPS) is 15.0. The third-order valence-electron chi connectivity index (χ3n) is 4.46. The van der Waals surface area contributed by atoms with Crippen molar-refractivity contribution in [2.45, 2.75) is 12.5 Å². The minimum Gasteiger partial charge on any atom is -0.370 e. The summed E-state index contributed by atoms with van der Waals surface area (Å²) in [5.41, 5.74) is 1.34. The number of hydrogen-bond donors (Lipinski definition) is 2. The van der Waals surface area contributed by atoms with Crippen molar-refractivity contribution >= 4 is 63.8 Å². The van der Waals surface area contributed by atoms with Gasteiger partial charge in [-0.05, 0) is 54.8 Å². The molecule has 1 aliphatic heterocycles. The van der Waals surface area contributed by atoms with E-state index in [4.69, 9.17) is 16.3 Å². The molecule has 7 nitrogen and oxygen atoms in total. The molecule has 0 spiro atoms. The first-order valence-corrected chi connectivity index (χ1v) is 11.9. The summed E-state index contributed by atoms with van der Waals surface area (Å²) in [6.07, 6.45) is 2.44. The molecule has 0 bridgehead atoms. The van der Waals surface area contributed by atoms with Gasteiger partial charge in [0.25, 0.3) is 11.8 Å². The van der Waals surface area contributed by atoms with E-state index in [9.17, 15) is 14.4 Å². The van der Waals surface area contributed by atoms with Crippen LogP contribution in [-0.2, 0) is 14.3 Å². The van der Waals surface area contributed by atoms with Crippen molar-refractivity contribution in [1.29, 1.82) is 0 Å². The number of halogens is 1. The van der Waals surface area contributed by atoms with Crippen molar-refractivity contribution < 1.29 is 19.1 Å². The van der Waals surface area contributed by atoms with Crippen LogP contribution in [0.25, 0.3) is 0 Å². The van der Waals surface area contributed by atoms with E-state index in [1.54, 1.807) is 53.1 Å². The summed E-state index contributed by atoms with van der Waals surface area (Å²) in [7, 11) is 0. The number of amides is 3. The number of carbonyl (C=O) groups is 3. The van der Waals surface area contributed by atoms with Gasteiger partial charge in [0.1, 0.15) is 12.6 Å². The van der Waals surface area contributed by atoms with Gasteiger partial charge in [-0.1, -0.05) is 11.6 Å².